The van der Waals surface area contributed by atoms with Crippen LogP contribution in [0.2, 0.25) is 0 Å². The molecular weight excluding hydrogens is 256 g/mol. The number of nitrogens with zero attached hydrogens (tertiary/aromatic N) is 2. The van der Waals surface area contributed by atoms with Gasteiger partial charge < -0.3 is 4.90 Å². The van der Waals surface area contributed by atoms with Gasteiger partial charge in [0.1, 0.15) is 0 Å². The van der Waals surface area contributed by atoms with Crippen LogP contribution in [0.5, 0.6) is 0 Å². The highest BCUT2D eigenvalue weighted by molar-refractivity contribution is 7.99. The number of rotatable bonds is 2. The molecule has 3 rings (SSSR count). The van der Waals surface area contributed by atoms with Gasteiger partial charge in [0.2, 0.25) is 5.91 Å². The van der Waals surface area contributed by atoms with E-state index in [1.54, 1.807) is 0 Å². The van der Waals surface area contributed by atoms with Crippen LogP contribution < -0.4 is 0 Å². The fourth-order valence-electron chi connectivity index (χ4n) is 3.34. The standard InChI is InChI=1S/C15H26N2OS/c1-15(5-6-15)14(18)17-8-2-7-16(9-10-17)13-3-11-19-12-4-13/h13H,2-12H2,1H3. The number of thioether (sulfide) groups is 1. The molecule has 0 radical (unpaired) electrons. The highest BCUT2D eigenvalue weighted by atomic mass is 32.2. The van der Waals surface area contributed by atoms with Crippen molar-refractivity contribution in [3.05, 3.63) is 0 Å². The van der Waals surface area contributed by atoms with Crippen LogP contribution in [0.1, 0.15) is 39.0 Å². The third kappa shape index (κ3) is 3.10. The second-order valence-corrected chi connectivity index (χ2v) is 7.81. The molecule has 1 amide bonds. The Morgan fingerprint density at radius 2 is 1.84 bits per heavy atom. The molecule has 3 fully saturated rings. The number of carbonyl (C=O) groups excluding carboxylic acids is 1. The van der Waals surface area contributed by atoms with Gasteiger partial charge >= 0.3 is 0 Å². The molecule has 0 N–H and O–H groups in total. The normalized spacial score (nSPS) is 29.0. The number of carbonyl (C=O) groups is 1. The first-order valence-electron chi connectivity index (χ1n) is 7.80. The van der Waals surface area contributed by atoms with Crippen molar-refractivity contribution in [3.63, 3.8) is 0 Å². The highest BCUT2D eigenvalue weighted by Gasteiger charge is 2.47. The molecule has 0 bridgehead atoms. The lowest BCUT2D eigenvalue weighted by molar-refractivity contribution is -0.136. The van der Waals surface area contributed by atoms with Gasteiger partial charge in [0.05, 0.1) is 0 Å². The first-order valence-corrected chi connectivity index (χ1v) is 8.96. The van der Waals surface area contributed by atoms with Crippen molar-refractivity contribution in [2.24, 2.45) is 5.41 Å². The summed E-state index contributed by atoms with van der Waals surface area (Å²) in [7, 11) is 0. The Morgan fingerprint density at radius 1 is 1.11 bits per heavy atom. The predicted octanol–water partition coefficient (Wildman–Crippen LogP) is 2.22. The van der Waals surface area contributed by atoms with E-state index in [4.69, 9.17) is 0 Å². The average Bonchev–Trinajstić information content (AvgIpc) is 3.22. The van der Waals surface area contributed by atoms with Crippen LogP contribution in [-0.4, -0.2) is 59.4 Å². The van der Waals surface area contributed by atoms with E-state index in [2.05, 4.69) is 28.5 Å². The van der Waals surface area contributed by atoms with Gasteiger partial charge in [0, 0.05) is 37.6 Å². The molecule has 4 heteroatoms. The Bertz CT molecular complexity index is 337. The Hall–Kier alpha value is -0.220. The van der Waals surface area contributed by atoms with Crippen LogP contribution in [0.15, 0.2) is 0 Å². The molecule has 1 saturated carbocycles. The maximum absolute atomic E-state index is 12.4. The zero-order valence-electron chi connectivity index (χ0n) is 12.1. The van der Waals surface area contributed by atoms with Crippen LogP contribution in [-0.2, 0) is 4.79 Å². The number of amides is 1. The Kier molecular flexibility index (Phi) is 4.08. The molecule has 2 heterocycles. The second-order valence-electron chi connectivity index (χ2n) is 6.59. The van der Waals surface area contributed by atoms with E-state index in [9.17, 15) is 4.79 Å². The summed E-state index contributed by atoms with van der Waals surface area (Å²) in [5.41, 5.74) is 0.0106. The molecular formula is C15H26N2OS. The van der Waals surface area contributed by atoms with E-state index >= 15 is 0 Å². The van der Waals surface area contributed by atoms with Crippen LogP contribution in [0, 0.1) is 5.41 Å². The first-order chi connectivity index (χ1) is 9.19. The van der Waals surface area contributed by atoms with Crippen LogP contribution in [0.25, 0.3) is 0 Å². The molecule has 0 atom stereocenters. The van der Waals surface area contributed by atoms with Gasteiger partial charge in [0.15, 0.2) is 0 Å². The molecule has 1 aliphatic carbocycles. The minimum Gasteiger partial charge on any atom is -0.341 e. The topological polar surface area (TPSA) is 23.6 Å². The van der Waals surface area contributed by atoms with Gasteiger partial charge in [-0.15, -0.1) is 0 Å². The molecule has 2 saturated heterocycles. The maximum Gasteiger partial charge on any atom is 0.228 e. The smallest absolute Gasteiger partial charge is 0.228 e. The van der Waals surface area contributed by atoms with Gasteiger partial charge in [-0.3, -0.25) is 9.69 Å². The molecule has 108 valence electrons. The largest absolute Gasteiger partial charge is 0.341 e. The maximum atomic E-state index is 12.4. The summed E-state index contributed by atoms with van der Waals surface area (Å²) in [6.45, 7) is 6.35. The fraction of sp³-hybridized carbons (Fsp3) is 0.933. The van der Waals surface area contributed by atoms with E-state index < -0.39 is 0 Å². The molecule has 0 aromatic rings. The van der Waals surface area contributed by atoms with E-state index in [1.165, 1.54) is 30.9 Å². The average molecular weight is 282 g/mol. The first kappa shape index (κ1) is 13.7. The lowest BCUT2D eigenvalue weighted by Gasteiger charge is -2.33. The summed E-state index contributed by atoms with van der Waals surface area (Å²) in [6, 6.07) is 0.785. The molecule has 0 unspecified atom stereocenters. The third-order valence-electron chi connectivity index (χ3n) is 5.04. The summed E-state index contributed by atoms with van der Waals surface area (Å²) in [6.07, 6.45) is 6.05. The summed E-state index contributed by atoms with van der Waals surface area (Å²) in [5, 5.41) is 0. The predicted molar refractivity (Wildman–Crippen MR) is 80.5 cm³/mol. The zero-order valence-corrected chi connectivity index (χ0v) is 12.9. The van der Waals surface area contributed by atoms with Crippen molar-refractivity contribution in [2.45, 2.75) is 45.1 Å². The molecule has 3 aliphatic rings. The number of hydrogen-bond donors (Lipinski definition) is 0. The van der Waals surface area contributed by atoms with E-state index in [-0.39, 0.29) is 5.41 Å². The summed E-state index contributed by atoms with van der Waals surface area (Å²) >= 11 is 2.09. The van der Waals surface area contributed by atoms with Crippen LogP contribution in [0.4, 0.5) is 0 Å². The van der Waals surface area contributed by atoms with Gasteiger partial charge in [0.25, 0.3) is 0 Å². The monoisotopic (exact) mass is 282 g/mol. The number of hydrogen-bond acceptors (Lipinski definition) is 3. The molecule has 0 aromatic carbocycles. The fourth-order valence-corrected chi connectivity index (χ4v) is 4.42. The summed E-state index contributed by atoms with van der Waals surface area (Å²) in [4.78, 5) is 17.2. The highest BCUT2D eigenvalue weighted by Crippen LogP contribution is 2.46. The Morgan fingerprint density at radius 3 is 2.53 bits per heavy atom. The van der Waals surface area contributed by atoms with Crippen molar-refractivity contribution in [1.82, 2.24) is 9.80 Å². The van der Waals surface area contributed by atoms with Crippen molar-refractivity contribution >= 4 is 17.7 Å². The van der Waals surface area contributed by atoms with Crippen molar-refractivity contribution in [3.8, 4) is 0 Å². The van der Waals surface area contributed by atoms with Crippen molar-refractivity contribution in [2.75, 3.05) is 37.7 Å². The lowest BCUT2D eigenvalue weighted by Crippen LogP contribution is -2.42. The lowest BCUT2D eigenvalue weighted by atomic mass is 10.1. The van der Waals surface area contributed by atoms with Gasteiger partial charge in [-0.1, -0.05) is 6.92 Å². The molecule has 0 aromatic heterocycles. The van der Waals surface area contributed by atoms with Gasteiger partial charge in [-0.2, -0.15) is 11.8 Å². The molecule has 19 heavy (non-hydrogen) atoms. The molecule has 3 nitrogen and oxygen atoms in total. The van der Waals surface area contributed by atoms with E-state index in [1.807, 2.05) is 0 Å². The second kappa shape index (κ2) is 5.65. The SMILES string of the molecule is CC1(C(=O)N2CCCN(C3CCSCC3)CC2)CC1. The zero-order chi connectivity index (χ0) is 13.3. The van der Waals surface area contributed by atoms with Gasteiger partial charge in [-0.05, 0) is 43.6 Å². The van der Waals surface area contributed by atoms with E-state index in [0.717, 1.165) is 44.9 Å². The van der Waals surface area contributed by atoms with Crippen molar-refractivity contribution in [1.29, 1.82) is 0 Å². The Balaban J connectivity index is 1.54. The van der Waals surface area contributed by atoms with Crippen molar-refractivity contribution < 1.29 is 4.79 Å². The molecule has 2 aliphatic heterocycles. The minimum atomic E-state index is 0.0106. The van der Waals surface area contributed by atoms with E-state index in [0.29, 0.717) is 5.91 Å². The van der Waals surface area contributed by atoms with Gasteiger partial charge in [-0.25, -0.2) is 0 Å². The molecule has 0 spiro atoms. The quantitative estimate of drug-likeness (QED) is 0.776. The summed E-state index contributed by atoms with van der Waals surface area (Å²) in [5.74, 6) is 3.07. The summed E-state index contributed by atoms with van der Waals surface area (Å²) < 4.78 is 0. The minimum absolute atomic E-state index is 0.0106. The Labute approximate surface area is 121 Å². The van der Waals surface area contributed by atoms with Crippen LogP contribution in [0.3, 0.4) is 0 Å². The third-order valence-corrected chi connectivity index (χ3v) is 6.09. The van der Waals surface area contributed by atoms with Crippen LogP contribution >= 0.6 is 11.8 Å².